The molecule has 0 unspecified atom stereocenters. The first-order chi connectivity index (χ1) is 4.20. The minimum atomic E-state index is -1.57. The number of nitrogens with one attached hydrogen (secondary N) is 1. The molecular weight excluding hydrogens is 128 g/mol. The van der Waals surface area contributed by atoms with E-state index in [1.807, 2.05) is 0 Å². The summed E-state index contributed by atoms with van der Waals surface area (Å²) in [4.78, 5) is 21.6. The molecule has 0 amide bonds. The van der Waals surface area contributed by atoms with Crippen LogP contribution in [0.1, 0.15) is 10.6 Å². The van der Waals surface area contributed by atoms with Crippen LogP contribution in [-0.2, 0) is 5.11 Å². The highest BCUT2D eigenvalue weighted by atomic mass is 16.5. The highest BCUT2D eigenvalue weighted by Gasteiger charge is 2.09. The largest absolute Gasteiger partial charge is 0.439 e. The van der Waals surface area contributed by atoms with Crippen LogP contribution in [0.2, 0.25) is 0 Å². The Morgan fingerprint density at radius 2 is 2.33 bits per heavy atom. The van der Waals surface area contributed by atoms with Gasteiger partial charge in [0.1, 0.15) is 0 Å². The van der Waals surface area contributed by atoms with E-state index >= 15 is 0 Å². The maximum absolute atomic E-state index is 10.0. The molecule has 1 rings (SSSR count). The molecule has 47 valence electrons. The van der Waals surface area contributed by atoms with E-state index < -0.39 is 17.5 Å². The molecule has 0 aliphatic carbocycles. The Morgan fingerprint density at radius 1 is 1.67 bits per heavy atom. The van der Waals surface area contributed by atoms with Gasteiger partial charge in [0.15, 0.2) is 0 Å². The molecule has 0 fully saturated rings. The Bertz CT molecular complexity index is 271. The van der Waals surface area contributed by atoms with Crippen molar-refractivity contribution in [1.29, 1.82) is 0 Å². The van der Waals surface area contributed by atoms with Crippen molar-refractivity contribution >= 4 is 5.97 Å². The van der Waals surface area contributed by atoms with Gasteiger partial charge in [0.05, 0.1) is 0 Å². The van der Waals surface area contributed by atoms with Crippen molar-refractivity contribution in [3.8, 4) is 0 Å². The minimum Gasteiger partial charge on any atom is -0.295 e. The Balaban J connectivity index is 3.12. The summed E-state index contributed by atoms with van der Waals surface area (Å²) >= 11 is 0. The van der Waals surface area contributed by atoms with E-state index in [1.54, 1.807) is 4.98 Å². The third kappa shape index (κ3) is 0.958. The molecular formula is C3HN2O4. The van der Waals surface area contributed by atoms with Crippen LogP contribution in [0.3, 0.4) is 0 Å². The van der Waals surface area contributed by atoms with E-state index in [0.29, 0.717) is 0 Å². The average Bonchev–Trinajstić information content (AvgIpc) is 2.14. The fourth-order valence-electron chi connectivity index (χ4n) is 0.318. The lowest BCUT2D eigenvalue weighted by molar-refractivity contribution is 0.0555. The van der Waals surface area contributed by atoms with Crippen LogP contribution in [0.4, 0.5) is 0 Å². The summed E-state index contributed by atoms with van der Waals surface area (Å²) in [5, 5.41) is 12.6. The predicted molar refractivity (Wildman–Crippen MR) is 22.1 cm³/mol. The second-order valence-corrected chi connectivity index (χ2v) is 1.23. The van der Waals surface area contributed by atoms with E-state index in [2.05, 4.69) is 9.68 Å². The molecule has 1 heterocycles. The first-order valence-corrected chi connectivity index (χ1v) is 1.97. The lowest BCUT2D eigenvalue weighted by Crippen LogP contribution is -2.01. The molecule has 6 nitrogen and oxygen atoms in total. The zero-order valence-electron chi connectivity index (χ0n) is 4.08. The molecule has 6 heteroatoms. The summed E-state index contributed by atoms with van der Waals surface area (Å²) < 4.78 is 3.84. The summed E-state index contributed by atoms with van der Waals surface area (Å²) in [6, 6.07) is 0. The minimum absolute atomic E-state index is 0.597. The Kier molecular flexibility index (Phi) is 1.07. The Labute approximate surface area is 48.1 Å². The second-order valence-electron chi connectivity index (χ2n) is 1.23. The molecule has 1 radical (unpaired) electrons. The van der Waals surface area contributed by atoms with Gasteiger partial charge in [0, 0.05) is 0 Å². The van der Waals surface area contributed by atoms with Gasteiger partial charge in [-0.1, -0.05) is 0 Å². The van der Waals surface area contributed by atoms with Crippen molar-refractivity contribution in [3.05, 3.63) is 16.4 Å². The van der Waals surface area contributed by atoms with Crippen molar-refractivity contribution in [2.75, 3.05) is 0 Å². The monoisotopic (exact) mass is 129 g/mol. The number of H-pyrrole nitrogens is 1. The molecule has 0 aliphatic heterocycles. The zero-order chi connectivity index (χ0) is 6.85. The number of hydrogen-bond donors (Lipinski definition) is 1. The van der Waals surface area contributed by atoms with E-state index in [4.69, 9.17) is 0 Å². The molecule has 9 heavy (non-hydrogen) atoms. The number of nitrogens with zero attached hydrogens (tertiary/aromatic N) is 1. The molecule has 0 aliphatic rings. The van der Waals surface area contributed by atoms with Gasteiger partial charge in [-0.25, -0.2) is 14.7 Å². The van der Waals surface area contributed by atoms with Crippen LogP contribution in [0.5, 0.6) is 0 Å². The van der Waals surface area contributed by atoms with Gasteiger partial charge in [-0.05, 0) is 5.16 Å². The third-order valence-electron chi connectivity index (χ3n) is 0.634. The molecule has 0 spiro atoms. The second kappa shape index (κ2) is 1.73. The number of aromatic amines is 1. The van der Waals surface area contributed by atoms with E-state index in [-0.39, 0.29) is 0 Å². The normalized spacial score (nSPS) is 9.33. The van der Waals surface area contributed by atoms with Crippen molar-refractivity contribution in [1.82, 2.24) is 10.1 Å². The highest BCUT2D eigenvalue weighted by molar-refractivity contribution is 5.82. The molecule has 0 bridgehead atoms. The molecule has 1 aromatic heterocycles. The van der Waals surface area contributed by atoms with Crippen LogP contribution in [0, 0.1) is 0 Å². The molecule has 0 atom stereocenters. The highest BCUT2D eigenvalue weighted by Crippen LogP contribution is 1.81. The number of carbonyl (C=O) groups excluding carboxylic acids is 1. The standard InChI is InChI=1S/C3HN2O4/c6-2(7)1-4-3(8)9-5-1/h(H,4,5,8). The summed E-state index contributed by atoms with van der Waals surface area (Å²) in [7, 11) is 0. The molecule has 1 aromatic rings. The smallest absolute Gasteiger partial charge is 0.295 e. The van der Waals surface area contributed by atoms with Gasteiger partial charge in [-0.3, -0.25) is 9.51 Å². The van der Waals surface area contributed by atoms with Crippen LogP contribution in [0.25, 0.3) is 0 Å². The van der Waals surface area contributed by atoms with Crippen LogP contribution >= 0.6 is 0 Å². The SMILES string of the molecule is [O]C(=O)c1noc(=O)[nH]1. The fraction of sp³-hybridized carbons (Fsp3) is 0. The van der Waals surface area contributed by atoms with Crippen LogP contribution < -0.4 is 5.76 Å². The molecule has 0 saturated carbocycles. The van der Waals surface area contributed by atoms with Crippen LogP contribution in [0.15, 0.2) is 9.32 Å². The van der Waals surface area contributed by atoms with Crippen molar-refractivity contribution in [2.45, 2.75) is 0 Å². The average molecular weight is 129 g/mol. The maximum Gasteiger partial charge on any atom is 0.439 e. The molecule has 0 saturated heterocycles. The van der Waals surface area contributed by atoms with E-state index in [1.165, 1.54) is 0 Å². The Hall–Kier alpha value is -1.59. The van der Waals surface area contributed by atoms with E-state index in [0.717, 1.165) is 0 Å². The Morgan fingerprint density at radius 3 is 2.56 bits per heavy atom. The first-order valence-electron chi connectivity index (χ1n) is 1.97. The van der Waals surface area contributed by atoms with Crippen molar-refractivity contribution in [2.24, 2.45) is 0 Å². The van der Waals surface area contributed by atoms with Crippen molar-refractivity contribution < 1.29 is 14.4 Å². The predicted octanol–water partition coefficient (Wildman–Crippen LogP) is -1.07. The van der Waals surface area contributed by atoms with Gasteiger partial charge in [-0.2, -0.15) is 0 Å². The summed E-state index contributed by atoms with van der Waals surface area (Å²) in [6.07, 6.45) is 0. The summed E-state index contributed by atoms with van der Waals surface area (Å²) in [5.74, 6) is -3.07. The lowest BCUT2D eigenvalue weighted by Gasteiger charge is -1.70. The summed E-state index contributed by atoms with van der Waals surface area (Å²) in [6.45, 7) is 0. The lowest BCUT2D eigenvalue weighted by atomic mass is 10.7. The third-order valence-corrected chi connectivity index (χ3v) is 0.634. The topological polar surface area (TPSA) is 95.9 Å². The molecule has 1 N–H and O–H groups in total. The fourth-order valence-corrected chi connectivity index (χ4v) is 0.318. The van der Waals surface area contributed by atoms with Gasteiger partial charge >= 0.3 is 11.7 Å². The quantitative estimate of drug-likeness (QED) is 0.522. The maximum atomic E-state index is 10.0. The zero-order valence-corrected chi connectivity index (χ0v) is 4.08. The first kappa shape index (κ1) is 5.54. The van der Waals surface area contributed by atoms with Gasteiger partial charge < -0.3 is 0 Å². The number of hydrogen-bond acceptors (Lipinski definition) is 4. The number of aromatic nitrogens is 2. The van der Waals surface area contributed by atoms with E-state index in [9.17, 15) is 14.7 Å². The van der Waals surface area contributed by atoms with Gasteiger partial charge in [-0.15, -0.1) is 0 Å². The van der Waals surface area contributed by atoms with Gasteiger partial charge in [0.25, 0.3) is 5.82 Å². The van der Waals surface area contributed by atoms with Gasteiger partial charge in [0.2, 0.25) is 0 Å². The number of rotatable bonds is 1. The number of carbonyl (C=O) groups is 1. The van der Waals surface area contributed by atoms with Crippen LogP contribution in [-0.4, -0.2) is 16.1 Å². The molecule has 0 aromatic carbocycles. The summed E-state index contributed by atoms with van der Waals surface area (Å²) in [5.41, 5.74) is 0. The van der Waals surface area contributed by atoms with Crippen molar-refractivity contribution in [3.63, 3.8) is 0 Å².